The molecule has 0 saturated carbocycles. The third-order valence-electron chi connectivity index (χ3n) is 3.94. The third kappa shape index (κ3) is 5.69. The fraction of sp³-hybridized carbons (Fsp3) is 0.421. The monoisotopic (exact) mass is 424 g/mol. The molecule has 1 aliphatic rings. The summed E-state index contributed by atoms with van der Waals surface area (Å²) in [5, 5.41) is 0.174. The maximum atomic E-state index is 12.6. The Balaban J connectivity index is 1.72. The number of carbonyl (C=O) groups is 1. The molecule has 1 aliphatic heterocycles. The number of rotatable bonds is 8. The minimum Gasteiger partial charge on any atom is -0.481 e. The second kappa shape index (κ2) is 10.2. The van der Waals surface area contributed by atoms with Gasteiger partial charge in [-0.2, -0.15) is 9.97 Å². The van der Waals surface area contributed by atoms with Crippen LogP contribution in [0.1, 0.15) is 23.2 Å². The van der Waals surface area contributed by atoms with Gasteiger partial charge in [-0.15, -0.1) is 0 Å². The number of ether oxygens (including phenoxy) is 6. The Bertz CT molecular complexity index is 821. The lowest BCUT2D eigenvalue weighted by molar-refractivity contribution is -0.184. The van der Waals surface area contributed by atoms with Crippen molar-refractivity contribution >= 4 is 17.6 Å². The molecule has 1 saturated heterocycles. The highest BCUT2D eigenvalue weighted by Gasteiger charge is 2.21. The van der Waals surface area contributed by atoms with Crippen molar-refractivity contribution in [1.82, 2.24) is 9.97 Å². The molecule has 9 nitrogen and oxygen atoms in total. The molecular weight excluding hydrogens is 404 g/mol. The highest BCUT2D eigenvalue weighted by molar-refractivity contribution is 6.34. The number of nitrogens with zero attached hydrogens (tertiary/aromatic N) is 2. The number of hydrogen-bond donors (Lipinski definition) is 0. The molecule has 156 valence electrons. The van der Waals surface area contributed by atoms with Crippen molar-refractivity contribution in [1.29, 1.82) is 0 Å². The highest BCUT2D eigenvalue weighted by atomic mass is 35.5. The van der Waals surface area contributed by atoms with Gasteiger partial charge in [0.2, 0.25) is 11.8 Å². The Morgan fingerprint density at radius 2 is 1.86 bits per heavy atom. The van der Waals surface area contributed by atoms with E-state index in [1.54, 1.807) is 18.2 Å². The summed E-state index contributed by atoms with van der Waals surface area (Å²) < 4.78 is 32.1. The Hall–Kier alpha value is -2.62. The van der Waals surface area contributed by atoms with Crippen molar-refractivity contribution in [3.63, 3.8) is 0 Å². The fourth-order valence-electron chi connectivity index (χ4n) is 2.55. The first-order valence-corrected chi connectivity index (χ1v) is 9.32. The minimum absolute atomic E-state index is 0.0602. The number of carbonyl (C=O) groups excluding carboxylic acids is 1. The van der Waals surface area contributed by atoms with E-state index in [9.17, 15) is 4.79 Å². The van der Waals surface area contributed by atoms with Gasteiger partial charge >= 0.3 is 12.0 Å². The molecule has 0 spiro atoms. The molecule has 0 N–H and O–H groups in total. The van der Waals surface area contributed by atoms with Gasteiger partial charge in [0, 0.05) is 6.42 Å². The van der Waals surface area contributed by atoms with Crippen molar-refractivity contribution < 1.29 is 33.2 Å². The van der Waals surface area contributed by atoms with E-state index in [1.807, 2.05) is 0 Å². The van der Waals surface area contributed by atoms with E-state index in [0.717, 1.165) is 6.42 Å². The maximum absolute atomic E-state index is 12.6. The first-order valence-electron chi connectivity index (χ1n) is 8.94. The molecule has 0 aliphatic carbocycles. The van der Waals surface area contributed by atoms with Gasteiger partial charge in [-0.3, -0.25) is 0 Å². The average Bonchev–Trinajstić information content (AvgIpc) is 2.74. The average molecular weight is 425 g/mol. The quantitative estimate of drug-likeness (QED) is 0.591. The lowest BCUT2D eigenvalue weighted by Crippen LogP contribution is -2.26. The molecular formula is C19H21ClN2O7. The van der Waals surface area contributed by atoms with Crippen LogP contribution in [-0.2, 0) is 14.2 Å². The lowest BCUT2D eigenvalue weighted by Gasteiger charge is -2.22. The van der Waals surface area contributed by atoms with E-state index in [2.05, 4.69) is 9.97 Å². The van der Waals surface area contributed by atoms with Crippen LogP contribution in [0.2, 0.25) is 5.02 Å². The van der Waals surface area contributed by atoms with Crippen LogP contribution in [0.3, 0.4) is 0 Å². The zero-order chi connectivity index (χ0) is 20.6. The van der Waals surface area contributed by atoms with Crippen molar-refractivity contribution in [3.8, 4) is 23.5 Å². The zero-order valence-corrected chi connectivity index (χ0v) is 16.8. The number of esters is 1. The second-order valence-electron chi connectivity index (χ2n) is 5.90. The molecule has 3 rings (SSSR count). The van der Waals surface area contributed by atoms with Crippen LogP contribution in [0.4, 0.5) is 0 Å². The zero-order valence-electron chi connectivity index (χ0n) is 16.1. The molecule has 0 amide bonds. The van der Waals surface area contributed by atoms with E-state index < -0.39 is 5.97 Å². The number of hydrogen-bond acceptors (Lipinski definition) is 9. The van der Waals surface area contributed by atoms with E-state index in [-0.39, 0.29) is 47.0 Å². The summed E-state index contributed by atoms with van der Waals surface area (Å²) in [7, 11) is 2.90. The summed E-state index contributed by atoms with van der Waals surface area (Å²) in [4.78, 5) is 20.8. The SMILES string of the molecule is COc1cc(OC)nc(Oc2cccc(Cl)c2C(=O)OCCC2OCCCO2)n1. The number of aromatic nitrogens is 2. The predicted octanol–water partition coefficient (Wildman–Crippen LogP) is 3.25. The Morgan fingerprint density at radius 1 is 1.17 bits per heavy atom. The molecule has 2 heterocycles. The molecule has 0 radical (unpaired) electrons. The smallest absolute Gasteiger partial charge is 0.343 e. The van der Waals surface area contributed by atoms with Crippen LogP contribution >= 0.6 is 11.6 Å². The molecule has 2 aromatic rings. The third-order valence-corrected chi connectivity index (χ3v) is 4.26. The van der Waals surface area contributed by atoms with E-state index in [4.69, 9.17) is 40.0 Å². The summed E-state index contributed by atoms with van der Waals surface area (Å²) in [5.74, 6) is -0.0183. The second-order valence-corrected chi connectivity index (χ2v) is 6.31. The number of halogens is 1. The van der Waals surface area contributed by atoms with Gasteiger partial charge in [0.05, 0.1) is 45.1 Å². The first kappa shape index (κ1) is 21.1. The minimum atomic E-state index is -0.642. The van der Waals surface area contributed by atoms with Gasteiger partial charge in [0.1, 0.15) is 11.3 Å². The van der Waals surface area contributed by atoms with Gasteiger partial charge in [-0.05, 0) is 18.6 Å². The van der Waals surface area contributed by atoms with Gasteiger partial charge in [0.25, 0.3) is 0 Å². The number of methoxy groups -OCH3 is 2. The molecule has 1 aromatic carbocycles. The molecule has 10 heteroatoms. The van der Waals surface area contributed by atoms with Crippen molar-refractivity contribution in [2.45, 2.75) is 19.1 Å². The van der Waals surface area contributed by atoms with Gasteiger partial charge in [-0.25, -0.2) is 4.79 Å². The van der Waals surface area contributed by atoms with Crippen LogP contribution < -0.4 is 14.2 Å². The largest absolute Gasteiger partial charge is 0.481 e. The summed E-state index contributed by atoms with van der Waals surface area (Å²) in [5.41, 5.74) is 0.0602. The van der Waals surface area contributed by atoms with Crippen molar-refractivity contribution in [3.05, 3.63) is 34.9 Å². The summed E-state index contributed by atoms with van der Waals surface area (Å²) in [6.07, 6.45) is 0.896. The van der Waals surface area contributed by atoms with Crippen molar-refractivity contribution in [2.24, 2.45) is 0 Å². The predicted molar refractivity (Wildman–Crippen MR) is 102 cm³/mol. The molecule has 1 fully saturated rings. The topological polar surface area (TPSA) is 98.2 Å². The van der Waals surface area contributed by atoms with Crippen LogP contribution in [0.5, 0.6) is 23.5 Å². The van der Waals surface area contributed by atoms with Crippen LogP contribution in [0.25, 0.3) is 0 Å². The first-order chi connectivity index (χ1) is 14.1. The van der Waals surface area contributed by atoms with Crippen LogP contribution in [0, 0.1) is 0 Å². The molecule has 0 unspecified atom stereocenters. The van der Waals surface area contributed by atoms with E-state index >= 15 is 0 Å². The van der Waals surface area contributed by atoms with Gasteiger partial charge in [-0.1, -0.05) is 17.7 Å². The Labute approximate surface area is 172 Å². The summed E-state index contributed by atoms with van der Waals surface area (Å²) >= 11 is 6.21. The van der Waals surface area contributed by atoms with Crippen LogP contribution in [-0.4, -0.2) is 56.3 Å². The molecule has 0 bridgehead atoms. The Kier molecular flexibility index (Phi) is 7.45. The van der Waals surface area contributed by atoms with Crippen LogP contribution in [0.15, 0.2) is 24.3 Å². The van der Waals surface area contributed by atoms with E-state index in [0.29, 0.717) is 19.6 Å². The molecule has 0 atom stereocenters. The molecule has 1 aromatic heterocycles. The standard InChI is InChI=1S/C19H21ClN2O7/c1-24-14-11-15(25-2)22-19(21-14)29-13-6-3-5-12(20)17(13)18(23)28-10-7-16-26-8-4-9-27-16/h3,5-6,11,16H,4,7-10H2,1-2H3. The number of benzene rings is 1. The molecule has 29 heavy (non-hydrogen) atoms. The lowest BCUT2D eigenvalue weighted by atomic mass is 10.2. The van der Waals surface area contributed by atoms with E-state index in [1.165, 1.54) is 20.3 Å². The maximum Gasteiger partial charge on any atom is 0.343 e. The Morgan fingerprint density at radius 3 is 2.52 bits per heavy atom. The fourth-order valence-corrected chi connectivity index (χ4v) is 2.79. The summed E-state index contributed by atoms with van der Waals surface area (Å²) in [6.45, 7) is 1.37. The van der Waals surface area contributed by atoms with Gasteiger partial charge in [0.15, 0.2) is 6.29 Å². The highest BCUT2D eigenvalue weighted by Crippen LogP contribution is 2.31. The normalized spacial score (nSPS) is 14.3. The van der Waals surface area contributed by atoms with Crippen molar-refractivity contribution in [2.75, 3.05) is 34.0 Å². The van der Waals surface area contributed by atoms with Gasteiger partial charge < -0.3 is 28.4 Å². The summed E-state index contributed by atoms with van der Waals surface area (Å²) in [6, 6.07) is 6.18.